The molecule has 0 saturated heterocycles. The zero-order valence-electron chi connectivity index (χ0n) is 8.65. The molecule has 2 aromatic rings. The molecule has 84 valence electrons. The fourth-order valence-electron chi connectivity index (χ4n) is 1.35. The first-order valence-electron chi connectivity index (χ1n) is 4.94. The Morgan fingerprint density at radius 2 is 2.19 bits per heavy atom. The molecule has 0 aliphatic rings. The quantitative estimate of drug-likeness (QED) is 0.667. The fourth-order valence-corrected chi connectivity index (χ4v) is 3.71. The summed E-state index contributed by atoms with van der Waals surface area (Å²) in [5.41, 5.74) is 7.92. The Labute approximate surface area is 112 Å². The Kier molecular flexibility index (Phi) is 4.32. The number of benzene rings is 1. The smallest absolute Gasteiger partial charge is 0.0331 e. The number of thiophene rings is 1. The van der Waals surface area contributed by atoms with Gasteiger partial charge in [-0.25, -0.2) is 0 Å². The Hall–Kier alpha value is -0.450. The van der Waals surface area contributed by atoms with Crippen LogP contribution in [0.5, 0.6) is 0 Å². The standard InChI is InChI=1S/C12H12BrNS2/c13-11-7-10(14)1-2-12(11)16-6-4-9-3-5-15-8-9/h1-3,5,7-8H,4,6,14H2. The molecule has 4 heteroatoms. The fraction of sp³-hybridized carbons (Fsp3) is 0.167. The van der Waals surface area contributed by atoms with Gasteiger partial charge < -0.3 is 5.73 Å². The number of halogens is 1. The summed E-state index contributed by atoms with van der Waals surface area (Å²) in [7, 11) is 0. The predicted molar refractivity (Wildman–Crippen MR) is 77.3 cm³/mol. The molecule has 0 aliphatic carbocycles. The van der Waals surface area contributed by atoms with E-state index in [-0.39, 0.29) is 0 Å². The molecule has 0 radical (unpaired) electrons. The van der Waals surface area contributed by atoms with Gasteiger partial charge in [0.05, 0.1) is 0 Å². The number of thioether (sulfide) groups is 1. The average Bonchev–Trinajstić information content (AvgIpc) is 2.74. The van der Waals surface area contributed by atoms with Crippen molar-refractivity contribution in [3.8, 4) is 0 Å². The summed E-state index contributed by atoms with van der Waals surface area (Å²) in [6.07, 6.45) is 1.12. The molecule has 1 aromatic heterocycles. The number of anilines is 1. The lowest BCUT2D eigenvalue weighted by Gasteiger charge is -2.04. The van der Waals surface area contributed by atoms with Crippen LogP contribution in [0.15, 0.2) is 44.4 Å². The van der Waals surface area contributed by atoms with Gasteiger partial charge in [-0.05, 0) is 62.9 Å². The predicted octanol–water partition coefficient (Wildman–Crippen LogP) is 4.43. The number of nitrogens with two attached hydrogens (primary N) is 1. The summed E-state index contributed by atoms with van der Waals surface area (Å²) in [5.74, 6) is 1.10. The molecular weight excluding hydrogens is 302 g/mol. The Morgan fingerprint density at radius 3 is 2.88 bits per heavy atom. The van der Waals surface area contributed by atoms with Crippen molar-refractivity contribution in [3.63, 3.8) is 0 Å². The van der Waals surface area contributed by atoms with Crippen LogP contribution >= 0.6 is 39.0 Å². The van der Waals surface area contributed by atoms with Crippen molar-refractivity contribution in [1.29, 1.82) is 0 Å². The molecule has 1 heterocycles. The van der Waals surface area contributed by atoms with E-state index >= 15 is 0 Å². The first-order chi connectivity index (χ1) is 7.75. The van der Waals surface area contributed by atoms with Crippen LogP contribution in [0.3, 0.4) is 0 Å². The largest absolute Gasteiger partial charge is 0.399 e. The van der Waals surface area contributed by atoms with Gasteiger partial charge in [0.2, 0.25) is 0 Å². The van der Waals surface area contributed by atoms with Gasteiger partial charge in [-0.2, -0.15) is 11.3 Å². The summed E-state index contributed by atoms with van der Waals surface area (Å²) >= 11 is 7.14. The normalized spacial score (nSPS) is 10.6. The Bertz CT molecular complexity index is 454. The van der Waals surface area contributed by atoms with E-state index in [1.54, 1.807) is 11.3 Å². The van der Waals surface area contributed by atoms with Crippen molar-refractivity contribution in [2.45, 2.75) is 11.3 Å². The third-order valence-corrected chi connectivity index (χ3v) is 4.91. The number of aryl methyl sites for hydroxylation is 1. The highest BCUT2D eigenvalue weighted by Crippen LogP contribution is 2.29. The lowest BCUT2D eigenvalue weighted by molar-refractivity contribution is 1.17. The first kappa shape index (κ1) is 12.0. The highest BCUT2D eigenvalue weighted by atomic mass is 79.9. The van der Waals surface area contributed by atoms with Crippen molar-refractivity contribution in [2.75, 3.05) is 11.5 Å². The molecular formula is C12H12BrNS2. The molecule has 16 heavy (non-hydrogen) atoms. The molecule has 0 atom stereocenters. The third-order valence-electron chi connectivity index (χ3n) is 2.18. The van der Waals surface area contributed by atoms with Gasteiger partial charge in [0.25, 0.3) is 0 Å². The highest BCUT2D eigenvalue weighted by molar-refractivity contribution is 9.10. The highest BCUT2D eigenvalue weighted by Gasteiger charge is 2.01. The summed E-state index contributed by atoms with van der Waals surface area (Å²) in [6, 6.07) is 8.14. The van der Waals surface area contributed by atoms with E-state index in [1.807, 2.05) is 23.9 Å². The first-order valence-corrected chi connectivity index (χ1v) is 7.67. The van der Waals surface area contributed by atoms with Crippen LogP contribution in [0.4, 0.5) is 5.69 Å². The molecule has 2 N–H and O–H groups in total. The van der Waals surface area contributed by atoms with E-state index in [4.69, 9.17) is 5.73 Å². The molecule has 0 bridgehead atoms. The topological polar surface area (TPSA) is 26.0 Å². The lowest BCUT2D eigenvalue weighted by atomic mass is 10.3. The van der Waals surface area contributed by atoms with Crippen molar-refractivity contribution < 1.29 is 0 Å². The number of hydrogen-bond donors (Lipinski definition) is 1. The SMILES string of the molecule is Nc1ccc(SCCc2ccsc2)c(Br)c1. The van der Waals surface area contributed by atoms with Gasteiger partial charge >= 0.3 is 0 Å². The van der Waals surface area contributed by atoms with E-state index in [0.717, 1.165) is 22.3 Å². The van der Waals surface area contributed by atoms with Gasteiger partial charge in [-0.1, -0.05) is 0 Å². The van der Waals surface area contributed by atoms with Crippen LogP contribution < -0.4 is 5.73 Å². The van der Waals surface area contributed by atoms with E-state index in [0.29, 0.717) is 0 Å². The minimum atomic E-state index is 0.800. The average molecular weight is 314 g/mol. The van der Waals surface area contributed by atoms with Crippen LogP contribution in [0.2, 0.25) is 0 Å². The van der Waals surface area contributed by atoms with Crippen molar-refractivity contribution in [2.24, 2.45) is 0 Å². The van der Waals surface area contributed by atoms with Crippen LogP contribution in [0.1, 0.15) is 5.56 Å². The van der Waals surface area contributed by atoms with Crippen molar-refractivity contribution in [3.05, 3.63) is 45.1 Å². The maximum Gasteiger partial charge on any atom is 0.0331 e. The van der Waals surface area contributed by atoms with Gasteiger partial charge in [0.1, 0.15) is 0 Å². The third kappa shape index (κ3) is 3.27. The van der Waals surface area contributed by atoms with E-state index in [2.05, 4.69) is 38.8 Å². The summed E-state index contributed by atoms with van der Waals surface area (Å²) in [6.45, 7) is 0. The minimum Gasteiger partial charge on any atom is -0.399 e. The molecule has 0 spiro atoms. The van der Waals surface area contributed by atoms with Gasteiger partial charge in [-0.3, -0.25) is 0 Å². The molecule has 0 fully saturated rings. The lowest BCUT2D eigenvalue weighted by Crippen LogP contribution is -1.88. The molecule has 1 aromatic carbocycles. The van der Waals surface area contributed by atoms with Gasteiger partial charge in [-0.15, -0.1) is 11.8 Å². The number of hydrogen-bond acceptors (Lipinski definition) is 3. The number of nitrogen functional groups attached to an aromatic ring is 1. The second-order valence-corrected chi connectivity index (χ2v) is 6.19. The minimum absolute atomic E-state index is 0.800. The zero-order valence-corrected chi connectivity index (χ0v) is 11.9. The molecule has 0 saturated carbocycles. The summed E-state index contributed by atoms with van der Waals surface area (Å²) < 4.78 is 1.09. The molecule has 0 unspecified atom stereocenters. The van der Waals surface area contributed by atoms with Crippen molar-refractivity contribution >= 4 is 44.7 Å². The monoisotopic (exact) mass is 313 g/mol. The summed E-state index contributed by atoms with van der Waals surface area (Å²) in [4.78, 5) is 1.25. The maximum absolute atomic E-state index is 5.70. The van der Waals surface area contributed by atoms with Crippen molar-refractivity contribution in [1.82, 2.24) is 0 Å². The molecule has 1 nitrogen and oxygen atoms in total. The maximum atomic E-state index is 5.70. The van der Waals surface area contributed by atoms with E-state index < -0.39 is 0 Å². The van der Waals surface area contributed by atoms with Crippen LogP contribution in [-0.2, 0) is 6.42 Å². The number of rotatable bonds is 4. The Balaban J connectivity index is 1.90. The van der Waals surface area contributed by atoms with Crippen LogP contribution in [0.25, 0.3) is 0 Å². The van der Waals surface area contributed by atoms with Crippen LogP contribution in [-0.4, -0.2) is 5.75 Å². The second kappa shape index (κ2) is 5.75. The zero-order chi connectivity index (χ0) is 11.4. The molecule has 0 amide bonds. The van der Waals surface area contributed by atoms with E-state index in [1.165, 1.54) is 10.5 Å². The Morgan fingerprint density at radius 1 is 1.31 bits per heavy atom. The van der Waals surface area contributed by atoms with Gasteiger partial charge in [0, 0.05) is 20.8 Å². The summed E-state index contributed by atoms with van der Waals surface area (Å²) in [5, 5.41) is 4.33. The van der Waals surface area contributed by atoms with Crippen LogP contribution in [0, 0.1) is 0 Å². The van der Waals surface area contributed by atoms with E-state index in [9.17, 15) is 0 Å². The second-order valence-electron chi connectivity index (χ2n) is 3.42. The molecule has 2 rings (SSSR count). The molecule has 0 aliphatic heterocycles. The van der Waals surface area contributed by atoms with Gasteiger partial charge in [0.15, 0.2) is 0 Å².